The second-order valence-corrected chi connectivity index (χ2v) is 4.04. The zero-order valence-electron chi connectivity index (χ0n) is 9.66. The summed E-state index contributed by atoms with van der Waals surface area (Å²) in [5.74, 6) is -0.695. The van der Waals surface area contributed by atoms with E-state index in [1.54, 1.807) is 24.3 Å². The molecule has 1 amide bonds. The number of aliphatic hydroxyl groups is 1. The van der Waals surface area contributed by atoms with Gasteiger partial charge in [-0.2, -0.15) is 13.2 Å². The van der Waals surface area contributed by atoms with Gasteiger partial charge in [0.1, 0.15) is 5.69 Å². The zero-order valence-corrected chi connectivity index (χ0v) is 9.66. The first-order valence-corrected chi connectivity index (χ1v) is 5.48. The normalized spacial score (nSPS) is 13.5. The van der Waals surface area contributed by atoms with E-state index in [9.17, 15) is 18.0 Å². The van der Waals surface area contributed by atoms with E-state index in [1.165, 1.54) is 6.07 Å². The van der Waals surface area contributed by atoms with Crippen LogP contribution in [0.3, 0.4) is 0 Å². The number of aromatic nitrogens is 1. The topological polar surface area (TPSA) is 65.1 Å². The van der Waals surface area contributed by atoms with Crippen molar-refractivity contribution in [2.75, 3.05) is 6.54 Å². The fraction of sp³-hybridized carbons (Fsp3) is 0.250. The fourth-order valence-corrected chi connectivity index (χ4v) is 1.60. The van der Waals surface area contributed by atoms with Gasteiger partial charge in [-0.05, 0) is 12.1 Å². The summed E-state index contributed by atoms with van der Waals surface area (Å²) < 4.78 is 36.2. The van der Waals surface area contributed by atoms with Crippen molar-refractivity contribution in [1.29, 1.82) is 0 Å². The smallest absolute Gasteiger partial charge is 0.382 e. The second kappa shape index (κ2) is 4.93. The zero-order chi connectivity index (χ0) is 14.0. The Labute approximate surface area is 106 Å². The molecule has 0 saturated carbocycles. The van der Waals surface area contributed by atoms with Crippen LogP contribution in [0.15, 0.2) is 30.3 Å². The van der Waals surface area contributed by atoms with E-state index >= 15 is 0 Å². The van der Waals surface area contributed by atoms with Crippen molar-refractivity contribution in [2.45, 2.75) is 12.3 Å². The van der Waals surface area contributed by atoms with Crippen LogP contribution in [-0.4, -0.2) is 34.8 Å². The molecule has 0 aliphatic heterocycles. The molecule has 0 spiro atoms. The van der Waals surface area contributed by atoms with Gasteiger partial charge in [-0.25, -0.2) is 0 Å². The van der Waals surface area contributed by atoms with Crippen molar-refractivity contribution in [2.24, 2.45) is 0 Å². The number of halogens is 3. The number of carbonyl (C=O) groups excluding carboxylic acids is 1. The molecule has 0 aliphatic rings. The van der Waals surface area contributed by atoms with E-state index in [0.29, 0.717) is 5.52 Å². The Hall–Kier alpha value is -2.02. The predicted molar refractivity (Wildman–Crippen MR) is 62.7 cm³/mol. The second-order valence-electron chi connectivity index (χ2n) is 4.04. The quantitative estimate of drug-likeness (QED) is 0.798. The summed E-state index contributed by atoms with van der Waals surface area (Å²) in [7, 11) is 0. The van der Waals surface area contributed by atoms with Crippen LogP contribution in [0.4, 0.5) is 13.2 Å². The van der Waals surface area contributed by atoms with Gasteiger partial charge in [0.05, 0.1) is 6.54 Å². The Morgan fingerprint density at radius 3 is 2.68 bits per heavy atom. The number of hydrogen-bond donors (Lipinski definition) is 3. The fourth-order valence-electron chi connectivity index (χ4n) is 1.60. The van der Waals surface area contributed by atoms with Crippen LogP contribution in [0.25, 0.3) is 10.9 Å². The molecule has 0 bridgehead atoms. The Kier molecular flexibility index (Phi) is 3.48. The molecule has 102 valence electrons. The minimum absolute atomic E-state index is 0.149. The summed E-state index contributed by atoms with van der Waals surface area (Å²) in [4.78, 5) is 14.4. The van der Waals surface area contributed by atoms with Crippen LogP contribution in [-0.2, 0) is 0 Å². The monoisotopic (exact) mass is 272 g/mol. The van der Waals surface area contributed by atoms with Crippen molar-refractivity contribution in [3.05, 3.63) is 36.0 Å². The van der Waals surface area contributed by atoms with Crippen molar-refractivity contribution in [3.8, 4) is 0 Å². The molecule has 1 atom stereocenters. The van der Waals surface area contributed by atoms with E-state index in [0.717, 1.165) is 5.39 Å². The molecule has 0 fully saturated rings. The lowest BCUT2D eigenvalue weighted by Gasteiger charge is -2.14. The molecule has 0 aliphatic carbocycles. The Balaban J connectivity index is 2.04. The molecule has 1 aromatic carbocycles. The number of hydrogen-bond acceptors (Lipinski definition) is 2. The van der Waals surface area contributed by atoms with Crippen LogP contribution >= 0.6 is 0 Å². The summed E-state index contributed by atoms with van der Waals surface area (Å²) >= 11 is 0. The van der Waals surface area contributed by atoms with Gasteiger partial charge in [0, 0.05) is 10.9 Å². The average molecular weight is 272 g/mol. The molecule has 2 aromatic rings. The maximum Gasteiger partial charge on any atom is 0.416 e. The summed E-state index contributed by atoms with van der Waals surface area (Å²) in [5, 5.41) is 11.6. The van der Waals surface area contributed by atoms with Crippen LogP contribution in [0.1, 0.15) is 10.5 Å². The number of fused-ring (bicyclic) bond motifs is 1. The summed E-state index contributed by atoms with van der Waals surface area (Å²) in [5.41, 5.74) is 0.861. The Bertz CT molecular complexity index is 559. The van der Waals surface area contributed by atoms with Crippen LogP contribution in [0, 0.1) is 0 Å². The highest BCUT2D eigenvalue weighted by atomic mass is 19.4. The van der Waals surface area contributed by atoms with E-state index < -0.39 is 24.7 Å². The summed E-state index contributed by atoms with van der Waals surface area (Å²) in [6.45, 7) is -0.877. The van der Waals surface area contributed by atoms with Gasteiger partial charge in [0.15, 0.2) is 6.10 Å². The highest BCUT2D eigenvalue weighted by Crippen LogP contribution is 2.19. The number of aromatic amines is 1. The molecular weight excluding hydrogens is 261 g/mol. The molecule has 19 heavy (non-hydrogen) atoms. The maximum atomic E-state index is 12.1. The summed E-state index contributed by atoms with van der Waals surface area (Å²) in [6, 6.07) is 8.60. The van der Waals surface area contributed by atoms with E-state index in [2.05, 4.69) is 4.98 Å². The molecule has 1 aromatic heterocycles. The lowest BCUT2D eigenvalue weighted by molar-refractivity contribution is -0.201. The van der Waals surface area contributed by atoms with E-state index in [-0.39, 0.29) is 5.69 Å². The van der Waals surface area contributed by atoms with Gasteiger partial charge in [-0.1, -0.05) is 18.2 Å². The Morgan fingerprint density at radius 1 is 1.37 bits per heavy atom. The molecule has 7 heteroatoms. The summed E-state index contributed by atoms with van der Waals surface area (Å²) in [6.07, 6.45) is -7.31. The standard InChI is InChI=1S/C12H11F3N2O2/c13-12(14,15)10(18)6-16-11(19)9-5-7-3-1-2-4-8(7)17-9/h1-5,10,17-18H,6H2,(H,16,19). The average Bonchev–Trinajstić information content (AvgIpc) is 2.78. The van der Waals surface area contributed by atoms with Crippen LogP contribution < -0.4 is 5.32 Å². The van der Waals surface area contributed by atoms with Gasteiger partial charge in [0.25, 0.3) is 5.91 Å². The SMILES string of the molecule is O=C(NCC(O)C(F)(F)F)c1cc2ccccc2[nH]1. The first-order valence-electron chi connectivity index (χ1n) is 5.48. The number of aliphatic hydroxyl groups excluding tert-OH is 1. The first kappa shape index (κ1) is 13.4. The highest BCUT2D eigenvalue weighted by Gasteiger charge is 2.38. The number of carbonyl (C=O) groups is 1. The van der Waals surface area contributed by atoms with Crippen LogP contribution in [0.5, 0.6) is 0 Å². The third-order valence-electron chi connectivity index (χ3n) is 2.61. The number of para-hydroxylation sites is 1. The van der Waals surface area contributed by atoms with Gasteiger partial charge < -0.3 is 15.4 Å². The van der Waals surface area contributed by atoms with E-state index in [1.807, 2.05) is 5.32 Å². The number of H-pyrrole nitrogens is 1. The largest absolute Gasteiger partial charge is 0.416 e. The van der Waals surface area contributed by atoms with Gasteiger partial charge in [-0.15, -0.1) is 0 Å². The van der Waals surface area contributed by atoms with Crippen molar-refractivity contribution >= 4 is 16.8 Å². The van der Waals surface area contributed by atoms with Crippen LogP contribution in [0.2, 0.25) is 0 Å². The highest BCUT2D eigenvalue weighted by molar-refractivity contribution is 5.97. The van der Waals surface area contributed by atoms with Crippen molar-refractivity contribution in [3.63, 3.8) is 0 Å². The molecular formula is C12H11F3N2O2. The lowest BCUT2D eigenvalue weighted by Crippen LogP contribution is -2.40. The maximum absolute atomic E-state index is 12.1. The predicted octanol–water partition coefficient (Wildman–Crippen LogP) is 1.82. The molecule has 2 rings (SSSR count). The molecule has 3 N–H and O–H groups in total. The minimum atomic E-state index is -4.74. The number of alkyl halides is 3. The lowest BCUT2D eigenvalue weighted by atomic mass is 10.2. The van der Waals surface area contributed by atoms with E-state index in [4.69, 9.17) is 5.11 Å². The van der Waals surface area contributed by atoms with Crippen molar-refractivity contribution < 1.29 is 23.1 Å². The molecule has 1 unspecified atom stereocenters. The van der Waals surface area contributed by atoms with Gasteiger partial charge >= 0.3 is 6.18 Å². The van der Waals surface area contributed by atoms with Crippen molar-refractivity contribution in [1.82, 2.24) is 10.3 Å². The Morgan fingerprint density at radius 2 is 2.05 bits per heavy atom. The van der Waals surface area contributed by atoms with Gasteiger partial charge in [-0.3, -0.25) is 4.79 Å². The third kappa shape index (κ3) is 3.05. The number of nitrogens with one attached hydrogen (secondary N) is 2. The number of benzene rings is 1. The molecule has 4 nitrogen and oxygen atoms in total. The molecule has 1 heterocycles. The van der Waals surface area contributed by atoms with Gasteiger partial charge in [0.2, 0.25) is 0 Å². The number of rotatable bonds is 3. The molecule has 0 radical (unpaired) electrons. The first-order chi connectivity index (χ1) is 8.88. The number of amides is 1. The third-order valence-corrected chi connectivity index (χ3v) is 2.61. The minimum Gasteiger partial charge on any atom is -0.382 e. The molecule has 0 saturated heterocycles.